The first kappa shape index (κ1) is 14.9. The number of rotatable bonds is 3. The zero-order valence-electron chi connectivity index (χ0n) is 12.2. The van der Waals surface area contributed by atoms with E-state index in [0.29, 0.717) is 6.04 Å². The summed E-state index contributed by atoms with van der Waals surface area (Å²) >= 11 is 3.64. The summed E-state index contributed by atoms with van der Waals surface area (Å²) in [6, 6.07) is 7.30. The molecule has 0 saturated heterocycles. The lowest BCUT2D eigenvalue weighted by Gasteiger charge is -2.35. The Morgan fingerprint density at radius 2 is 1.89 bits per heavy atom. The first-order valence-electron chi connectivity index (χ1n) is 7.27. The largest absolute Gasteiger partial charge is 0.372 e. The number of anilines is 1. The number of halogens is 1. The van der Waals surface area contributed by atoms with Gasteiger partial charge in [0.1, 0.15) is 0 Å². The van der Waals surface area contributed by atoms with Gasteiger partial charge >= 0.3 is 0 Å². The van der Waals surface area contributed by atoms with E-state index in [2.05, 4.69) is 53.0 Å². The van der Waals surface area contributed by atoms with E-state index in [1.54, 1.807) is 0 Å². The Bertz CT molecular complexity index is 423. The monoisotopic (exact) mass is 324 g/mol. The highest BCUT2D eigenvalue weighted by Crippen LogP contribution is 2.32. The normalized spacial score (nSPS) is 25.1. The molecular formula is C16H25BrN2. The standard InChI is InChI=1S/C16H25BrN2/c1-11-4-6-13(7-5-11)19(3)14-8-9-15(12(2)18)16(17)10-14/h8-13H,4-7,18H2,1-3H3/t11?,12-,13?/m1/s1. The van der Waals surface area contributed by atoms with Crippen molar-refractivity contribution in [1.82, 2.24) is 0 Å². The van der Waals surface area contributed by atoms with Crippen LogP contribution in [0, 0.1) is 5.92 Å². The van der Waals surface area contributed by atoms with Crippen LogP contribution in [-0.2, 0) is 0 Å². The predicted molar refractivity (Wildman–Crippen MR) is 86.6 cm³/mol. The van der Waals surface area contributed by atoms with E-state index in [1.165, 1.54) is 36.9 Å². The molecule has 0 aromatic heterocycles. The van der Waals surface area contributed by atoms with Gasteiger partial charge in [-0.05, 0) is 56.2 Å². The van der Waals surface area contributed by atoms with Crippen molar-refractivity contribution in [2.24, 2.45) is 11.7 Å². The summed E-state index contributed by atoms with van der Waals surface area (Å²) in [7, 11) is 2.22. The third kappa shape index (κ3) is 3.51. The van der Waals surface area contributed by atoms with Gasteiger partial charge in [-0.3, -0.25) is 0 Å². The van der Waals surface area contributed by atoms with Crippen LogP contribution in [0.5, 0.6) is 0 Å². The molecule has 0 amide bonds. The molecule has 19 heavy (non-hydrogen) atoms. The molecule has 2 rings (SSSR count). The van der Waals surface area contributed by atoms with E-state index in [-0.39, 0.29) is 6.04 Å². The minimum absolute atomic E-state index is 0.0734. The van der Waals surface area contributed by atoms with Gasteiger partial charge in [0.15, 0.2) is 0 Å². The fraction of sp³-hybridized carbons (Fsp3) is 0.625. The minimum Gasteiger partial charge on any atom is -0.372 e. The lowest BCUT2D eigenvalue weighted by atomic mass is 9.86. The Hall–Kier alpha value is -0.540. The second-order valence-corrected chi connectivity index (χ2v) is 6.87. The lowest BCUT2D eigenvalue weighted by molar-refractivity contribution is 0.341. The molecule has 1 fully saturated rings. The van der Waals surface area contributed by atoms with Gasteiger partial charge in [-0.2, -0.15) is 0 Å². The SMILES string of the molecule is CC1CCC(N(C)c2ccc([C@@H](C)N)c(Br)c2)CC1. The smallest absolute Gasteiger partial charge is 0.0377 e. The molecule has 0 aliphatic heterocycles. The van der Waals surface area contributed by atoms with Crippen LogP contribution in [0.2, 0.25) is 0 Å². The Morgan fingerprint density at radius 3 is 2.42 bits per heavy atom. The summed E-state index contributed by atoms with van der Waals surface area (Å²) in [4.78, 5) is 2.43. The molecule has 1 atom stereocenters. The van der Waals surface area contributed by atoms with Gasteiger partial charge in [0.25, 0.3) is 0 Å². The van der Waals surface area contributed by atoms with E-state index in [0.717, 1.165) is 10.4 Å². The van der Waals surface area contributed by atoms with Crippen molar-refractivity contribution in [2.75, 3.05) is 11.9 Å². The third-order valence-corrected chi connectivity index (χ3v) is 5.10. The van der Waals surface area contributed by atoms with E-state index in [4.69, 9.17) is 5.73 Å². The van der Waals surface area contributed by atoms with Crippen molar-refractivity contribution in [3.05, 3.63) is 28.2 Å². The molecule has 1 aromatic carbocycles. The van der Waals surface area contributed by atoms with Gasteiger partial charge in [0.05, 0.1) is 0 Å². The fourth-order valence-electron chi connectivity index (χ4n) is 2.95. The van der Waals surface area contributed by atoms with Crippen molar-refractivity contribution >= 4 is 21.6 Å². The van der Waals surface area contributed by atoms with Crippen molar-refractivity contribution in [1.29, 1.82) is 0 Å². The van der Waals surface area contributed by atoms with Gasteiger partial charge < -0.3 is 10.6 Å². The van der Waals surface area contributed by atoms with Crippen LogP contribution in [0.4, 0.5) is 5.69 Å². The van der Waals surface area contributed by atoms with Gasteiger partial charge in [-0.25, -0.2) is 0 Å². The maximum atomic E-state index is 5.96. The number of benzene rings is 1. The van der Waals surface area contributed by atoms with E-state index in [1.807, 2.05) is 6.92 Å². The average molecular weight is 325 g/mol. The quantitative estimate of drug-likeness (QED) is 0.887. The molecule has 0 spiro atoms. The Kier molecular flexibility index (Phi) is 4.91. The van der Waals surface area contributed by atoms with Crippen LogP contribution in [0.15, 0.2) is 22.7 Å². The van der Waals surface area contributed by atoms with Gasteiger partial charge in [-0.1, -0.05) is 28.9 Å². The van der Waals surface area contributed by atoms with Gasteiger partial charge in [0.2, 0.25) is 0 Å². The first-order valence-corrected chi connectivity index (χ1v) is 8.06. The highest BCUT2D eigenvalue weighted by Gasteiger charge is 2.22. The van der Waals surface area contributed by atoms with E-state index in [9.17, 15) is 0 Å². The summed E-state index contributed by atoms with van der Waals surface area (Å²) in [6.07, 6.45) is 5.33. The fourth-order valence-corrected chi connectivity index (χ4v) is 3.67. The number of hydrogen-bond donors (Lipinski definition) is 1. The summed E-state index contributed by atoms with van der Waals surface area (Å²) < 4.78 is 1.12. The van der Waals surface area contributed by atoms with Crippen LogP contribution in [0.3, 0.4) is 0 Å². The van der Waals surface area contributed by atoms with E-state index < -0.39 is 0 Å². The van der Waals surface area contributed by atoms with Crippen molar-refractivity contribution in [3.8, 4) is 0 Å². The maximum absolute atomic E-state index is 5.96. The van der Waals surface area contributed by atoms with Crippen LogP contribution in [0.25, 0.3) is 0 Å². The topological polar surface area (TPSA) is 29.3 Å². The maximum Gasteiger partial charge on any atom is 0.0377 e. The second-order valence-electron chi connectivity index (χ2n) is 6.02. The highest BCUT2D eigenvalue weighted by molar-refractivity contribution is 9.10. The predicted octanol–water partition coefficient (Wildman–Crippen LogP) is 4.48. The Morgan fingerprint density at radius 1 is 1.26 bits per heavy atom. The molecular weight excluding hydrogens is 300 g/mol. The van der Waals surface area contributed by atoms with Crippen molar-refractivity contribution in [2.45, 2.75) is 51.6 Å². The molecule has 0 unspecified atom stereocenters. The molecule has 1 aliphatic carbocycles. The molecule has 1 saturated carbocycles. The zero-order chi connectivity index (χ0) is 14.0. The molecule has 106 valence electrons. The molecule has 2 nitrogen and oxygen atoms in total. The number of nitrogens with two attached hydrogens (primary N) is 1. The summed E-state index contributed by atoms with van der Waals surface area (Å²) in [5.41, 5.74) is 8.42. The first-order chi connectivity index (χ1) is 8.99. The number of hydrogen-bond acceptors (Lipinski definition) is 2. The van der Waals surface area contributed by atoms with E-state index >= 15 is 0 Å². The Labute approximate surface area is 125 Å². The summed E-state index contributed by atoms with van der Waals surface area (Å²) in [5, 5.41) is 0. The number of nitrogens with zero attached hydrogens (tertiary/aromatic N) is 1. The van der Waals surface area contributed by atoms with Crippen LogP contribution >= 0.6 is 15.9 Å². The van der Waals surface area contributed by atoms with Crippen molar-refractivity contribution in [3.63, 3.8) is 0 Å². The molecule has 2 N–H and O–H groups in total. The zero-order valence-corrected chi connectivity index (χ0v) is 13.8. The van der Waals surface area contributed by atoms with Gasteiger partial charge in [0, 0.05) is 29.3 Å². The average Bonchev–Trinajstić information content (AvgIpc) is 2.38. The van der Waals surface area contributed by atoms with Crippen LogP contribution in [-0.4, -0.2) is 13.1 Å². The molecule has 3 heteroatoms. The highest BCUT2D eigenvalue weighted by atomic mass is 79.9. The minimum atomic E-state index is 0.0734. The summed E-state index contributed by atoms with van der Waals surface area (Å²) in [5.74, 6) is 0.900. The van der Waals surface area contributed by atoms with Crippen molar-refractivity contribution < 1.29 is 0 Å². The summed E-state index contributed by atoms with van der Waals surface area (Å²) in [6.45, 7) is 4.39. The van der Waals surface area contributed by atoms with Gasteiger partial charge in [-0.15, -0.1) is 0 Å². The Balaban J connectivity index is 2.11. The molecule has 0 heterocycles. The molecule has 0 radical (unpaired) electrons. The third-order valence-electron chi connectivity index (χ3n) is 4.41. The van der Waals surface area contributed by atoms with Crippen LogP contribution in [0.1, 0.15) is 51.1 Å². The molecule has 0 bridgehead atoms. The second kappa shape index (κ2) is 6.27. The molecule has 1 aromatic rings. The van der Waals surface area contributed by atoms with Crippen LogP contribution < -0.4 is 10.6 Å². The lowest BCUT2D eigenvalue weighted by Crippen LogP contribution is -2.34. The molecule has 1 aliphatic rings.